The lowest BCUT2D eigenvalue weighted by Crippen LogP contribution is -2.12. The van der Waals surface area contributed by atoms with E-state index in [1.54, 1.807) is 23.5 Å². The molecule has 3 N–H and O–H groups in total. The molecule has 22 heavy (non-hydrogen) atoms. The average molecular weight is 383 g/mol. The summed E-state index contributed by atoms with van der Waals surface area (Å²) in [7, 11) is 0. The maximum atomic E-state index is 12.0. The molecular weight excluding hydrogens is 368 g/mol. The third-order valence-electron chi connectivity index (χ3n) is 3.27. The number of carbonyl (C=O) groups is 1. The van der Waals surface area contributed by atoms with Crippen LogP contribution < -0.4 is 20.5 Å². The van der Waals surface area contributed by atoms with Crippen molar-refractivity contribution in [3.8, 4) is 11.5 Å². The Morgan fingerprint density at radius 3 is 2.82 bits per heavy atom. The van der Waals surface area contributed by atoms with E-state index < -0.39 is 0 Å². The molecule has 3 rings (SSSR count). The highest BCUT2D eigenvalue weighted by Crippen LogP contribution is 2.38. The van der Waals surface area contributed by atoms with E-state index in [0.717, 1.165) is 16.6 Å². The Kier molecular flexibility index (Phi) is 4.54. The second kappa shape index (κ2) is 6.58. The second-order valence-corrected chi connectivity index (χ2v) is 7.45. The van der Waals surface area contributed by atoms with Crippen LogP contribution in [0, 0.1) is 0 Å². The van der Waals surface area contributed by atoms with Crippen molar-refractivity contribution >= 4 is 44.5 Å². The van der Waals surface area contributed by atoms with E-state index in [2.05, 4.69) is 27.3 Å². The van der Waals surface area contributed by atoms with E-state index in [1.807, 2.05) is 6.07 Å². The number of anilines is 2. The summed E-state index contributed by atoms with van der Waals surface area (Å²) in [6.07, 6.45) is 2.13. The number of ether oxygens (including phenoxy) is 2. The van der Waals surface area contributed by atoms with E-state index >= 15 is 0 Å². The fourth-order valence-corrected chi connectivity index (χ4v) is 3.71. The highest BCUT2D eigenvalue weighted by atomic mass is 79.9. The van der Waals surface area contributed by atoms with Crippen molar-refractivity contribution in [1.29, 1.82) is 0 Å². The summed E-state index contributed by atoms with van der Waals surface area (Å²) < 4.78 is 11.6. The number of nitrogens with two attached hydrogens (primary N) is 1. The number of carbonyl (C=O) groups excluding carboxylic acids is 1. The van der Waals surface area contributed by atoms with Crippen molar-refractivity contribution in [2.45, 2.75) is 19.3 Å². The molecule has 1 aromatic carbocycles. The molecule has 7 heteroatoms. The third-order valence-corrected chi connectivity index (χ3v) is 4.96. The number of halogens is 1. The smallest absolute Gasteiger partial charge is 0.231 e. The molecule has 1 amide bonds. The number of aryl methyl sites for hydroxylation is 1. The molecule has 0 saturated heterocycles. The molecule has 0 radical (unpaired) electrons. The minimum Gasteiger partial charge on any atom is -0.454 e. The zero-order valence-corrected chi connectivity index (χ0v) is 14.1. The Hall–Kier alpha value is -1.73. The van der Waals surface area contributed by atoms with Crippen LogP contribution in [0.4, 0.5) is 11.4 Å². The van der Waals surface area contributed by atoms with Gasteiger partial charge in [-0.05, 0) is 40.9 Å². The molecule has 5 nitrogen and oxygen atoms in total. The van der Waals surface area contributed by atoms with Gasteiger partial charge in [-0.1, -0.05) is 0 Å². The molecule has 0 aliphatic carbocycles. The quantitative estimate of drug-likeness (QED) is 0.771. The van der Waals surface area contributed by atoms with Crippen LogP contribution in [0.2, 0.25) is 0 Å². The highest BCUT2D eigenvalue weighted by molar-refractivity contribution is 9.11. The summed E-state index contributed by atoms with van der Waals surface area (Å²) in [6, 6.07) is 7.46. The molecule has 2 heterocycles. The van der Waals surface area contributed by atoms with Crippen LogP contribution in [0.1, 0.15) is 17.7 Å². The van der Waals surface area contributed by atoms with Gasteiger partial charge in [0.15, 0.2) is 11.5 Å². The number of hydrogen-bond acceptors (Lipinski definition) is 5. The summed E-state index contributed by atoms with van der Waals surface area (Å²) in [5.41, 5.74) is 6.95. The Balaban J connectivity index is 1.53. The van der Waals surface area contributed by atoms with Crippen molar-refractivity contribution in [3.63, 3.8) is 0 Å². The monoisotopic (exact) mass is 382 g/mol. The number of thiophene rings is 1. The van der Waals surface area contributed by atoms with Gasteiger partial charge in [-0.3, -0.25) is 4.79 Å². The van der Waals surface area contributed by atoms with E-state index in [1.165, 1.54) is 4.88 Å². The molecule has 0 bridgehead atoms. The van der Waals surface area contributed by atoms with E-state index in [9.17, 15) is 4.79 Å². The molecule has 116 valence electrons. The number of benzene rings is 1. The SMILES string of the molecule is Nc1cc2c(cc1NC(=O)CCCc1ccc(Br)s1)OCO2. The molecule has 0 saturated carbocycles. The number of fused-ring (bicyclic) bond motifs is 1. The number of hydrogen-bond donors (Lipinski definition) is 2. The van der Waals surface area contributed by atoms with Crippen LogP contribution in [0.15, 0.2) is 28.1 Å². The highest BCUT2D eigenvalue weighted by Gasteiger charge is 2.17. The lowest BCUT2D eigenvalue weighted by molar-refractivity contribution is -0.116. The average Bonchev–Trinajstić information content (AvgIpc) is 3.08. The van der Waals surface area contributed by atoms with Gasteiger partial charge in [-0.2, -0.15) is 0 Å². The number of rotatable bonds is 5. The summed E-state index contributed by atoms with van der Waals surface area (Å²) in [5.74, 6) is 1.16. The Labute approximate surface area is 140 Å². The molecule has 2 aromatic rings. The van der Waals surface area contributed by atoms with E-state index in [4.69, 9.17) is 15.2 Å². The summed E-state index contributed by atoms with van der Waals surface area (Å²) in [6.45, 7) is 0.183. The first-order chi connectivity index (χ1) is 10.6. The van der Waals surface area contributed by atoms with Crippen LogP contribution in [-0.2, 0) is 11.2 Å². The molecule has 0 spiro atoms. The zero-order chi connectivity index (χ0) is 15.5. The van der Waals surface area contributed by atoms with Gasteiger partial charge in [0.1, 0.15) is 0 Å². The maximum Gasteiger partial charge on any atom is 0.231 e. The van der Waals surface area contributed by atoms with E-state index in [-0.39, 0.29) is 12.7 Å². The zero-order valence-electron chi connectivity index (χ0n) is 11.7. The van der Waals surface area contributed by atoms with Gasteiger partial charge in [0, 0.05) is 23.4 Å². The minimum absolute atomic E-state index is 0.0545. The van der Waals surface area contributed by atoms with Gasteiger partial charge in [-0.25, -0.2) is 0 Å². The van der Waals surface area contributed by atoms with Crippen LogP contribution in [-0.4, -0.2) is 12.7 Å². The largest absolute Gasteiger partial charge is 0.454 e. The second-order valence-electron chi connectivity index (χ2n) is 4.90. The molecule has 1 aliphatic heterocycles. The lowest BCUT2D eigenvalue weighted by atomic mass is 10.2. The Morgan fingerprint density at radius 1 is 1.32 bits per heavy atom. The van der Waals surface area contributed by atoms with Gasteiger partial charge in [0.2, 0.25) is 12.7 Å². The van der Waals surface area contributed by atoms with Gasteiger partial charge in [0.25, 0.3) is 0 Å². The normalized spacial score (nSPS) is 12.4. The molecule has 0 fully saturated rings. The predicted octanol–water partition coefficient (Wildman–Crippen LogP) is 3.78. The fourth-order valence-electron chi connectivity index (χ4n) is 2.19. The van der Waals surface area contributed by atoms with E-state index in [0.29, 0.717) is 29.3 Å². The van der Waals surface area contributed by atoms with Crippen molar-refractivity contribution < 1.29 is 14.3 Å². The minimum atomic E-state index is -0.0545. The number of nitrogens with one attached hydrogen (secondary N) is 1. The lowest BCUT2D eigenvalue weighted by Gasteiger charge is -2.09. The fraction of sp³-hybridized carbons (Fsp3) is 0.267. The Bertz CT molecular complexity index is 702. The van der Waals surface area contributed by atoms with Gasteiger partial charge < -0.3 is 20.5 Å². The van der Waals surface area contributed by atoms with Crippen LogP contribution in [0.25, 0.3) is 0 Å². The molecule has 0 unspecified atom stereocenters. The molecule has 1 aromatic heterocycles. The topological polar surface area (TPSA) is 73.6 Å². The number of amides is 1. The molecule has 1 aliphatic rings. The molecular formula is C15H15BrN2O3S. The maximum absolute atomic E-state index is 12.0. The molecule has 0 atom stereocenters. The van der Waals surface area contributed by atoms with Crippen molar-refractivity contribution in [3.05, 3.63) is 32.9 Å². The predicted molar refractivity (Wildman–Crippen MR) is 90.6 cm³/mol. The standard InChI is InChI=1S/C15H15BrN2O3S/c16-14-5-4-9(22-14)2-1-3-15(19)18-11-7-13-12(6-10(11)17)20-8-21-13/h4-7H,1-3,8,17H2,(H,18,19). The first-order valence-corrected chi connectivity index (χ1v) is 8.46. The van der Waals surface area contributed by atoms with Crippen LogP contribution in [0.5, 0.6) is 11.5 Å². The van der Waals surface area contributed by atoms with Gasteiger partial charge in [-0.15, -0.1) is 11.3 Å². The summed E-state index contributed by atoms with van der Waals surface area (Å²) in [5, 5.41) is 2.83. The van der Waals surface area contributed by atoms with Gasteiger partial charge in [0.05, 0.1) is 15.2 Å². The number of nitrogen functional groups attached to an aromatic ring is 1. The van der Waals surface area contributed by atoms with Gasteiger partial charge >= 0.3 is 0 Å². The van der Waals surface area contributed by atoms with Crippen LogP contribution in [0.3, 0.4) is 0 Å². The van der Waals surface area contributed by atoms with Crippen molar-refractivity contribution in [2.75, 3.05) is 17.8 Å². The summed E-state index contributed by atoms with van der Waals surface area (Å²) in [4.78, 5) is 13.3. The Morgan fingerprint density at radius 2 is 2.09 bits per heavy atom. The first-order valence-electron chi connectivity index (χ1n) is 6.85. The van der Waals surface area contributed by atoms with Crippen LogP contribution >= 0.6 is 27.3 Å². The first kappa shape index (κ1) is 15.2. The van der Waals surface area contributed by atoms with Crippen molar-refractivity contribution in [2.24, 2.45) is 0 Å². The third kappa shape index (κ3) is 3.53. The summed E-state index contributed by atoms with van der Waals surface area (Å²) >= 11 is 5.13. The van der Waals surface area contributed by atoms with Crippen molar-refractivity contribution in [1.82, 2.24) is 0 Å².